The van der Waals surface area contributed by atoms with Crippen molar-refractivity contribution in [1.82, 2.24) is 10.6 Å². The summed E-state index contributed by atoms with van der Waals surface area (Å²) in [6.45, 7) is 24.8. The van der Waals surface area contributed by atoms with E-state index in [-0.39, 0.29) is 10.8 Å². The Morgan fingerprint density at radius 1 is 1.17 bits per heavy atom. The van der Waals surface area contributed by atoms with E-state index >= 15 is 0 Å². The van der Waals surface area contributed by atoms with Crippen LogP contribution in [0.1, 0.15) is 54.9 Å². The molecule has 0 saturated heterocycles. The van der Waals surface area contributed by atoms with E-state index < -0.39 is 0 Å². The molecule has 0 aromatic rings. The Labute approximate surface area is 149 Å². The van der Waals surface area contributed by atoms with E-state index in [4.69, 9.17) is 0 Å². The van der Waals surface area contributed by atoms with Crippen LogP contribution < -0.4 is 10.6 Å². The summed E-state index contributed by atoms with van der Waals surface area (Å²) in [5, 5.41) is 6.89. The summed E-state index contributed by atoms with van der Waals surface area (Å²) in [4.78, 5) is 0. The Morgan fingerprint density at radius 3 is 2.21 bits per heavy atom. The molecule has 2 nitrogen and oxygen atoms in total. The molecular weight excluding hydrogens is 292 g/mol. The normalized spacial score (nSPS) is 19.6. The van der Waals surface area contributed by atoms with Crippen LogP contribution in [-0.4, -0.2) is 13.6 Å². The fourth-order valence-corrected chi connectivity index (χ4v) is 3.73. The molecule has 0 fully saturated rings. The van der Waals surface area contributed by atoms with Crippen LogP contribution in [0.15, 0.2) is 59.0 Å². The molecule has 2 N–H and O–H groups in total. The standard InChI is InChI=1S/C22H36N2/c1-11-12-13-24-17(4)19-16(3)20(23-10)15(2)18(22(19,8)9)14-21(5,6)7/h11,14,23-24H,1,4,12-13H2,2-3,5-10H3/b18-14+. The highest BCUT2D eigenvalue weighted by atomic mass is 14.9. The number of nitrogens with one attached hydrogen (secondary N) is 2. The van der Waals surface area contributed by atoms with Gasteiger partial charge in [0, 0.05) is 30.4 Å². The number of likely N-dealkylation sites (N-methyl/N-ethyl adjacent to an activating group) is 1. The minimum Gasteiger partial charge on any atom is -0.388 e. The summed E-state index contributed by atoms with van der Waals surface area (Å²) in [7, 11) is 2.00. The first-order chi connectivity index (χ1) is 11.0. The van der Waals surface area contributed by atoms with Crippen LogP contribution in [0.2, 0.25) is 0 Å². The van der Waals surface area contributed by atoms with Gasteiger partial charge in [-0.15, -0.1) is 6.58 Å². The Bertz CT molecular complexity index is 604. The van der Waals surface area contributed by atoms with Gasteiger partial charge in [-0.05, 0) is 48.0 Å². The predicted octanol–water partition coefficient (Wildman–Crippen LogP) is 5.49. The quantitative estimate of drug-likeness (QED) is 0.498. The highest BCUT2D eigenvalue weighted by Gasteiger charge is 2.37. The summed E-state index contributed by atoms with van der Waals surface area (Å²) in [6, 6.07) is 0. The third kappa shape index (κ3) is 4.23. The average Bonchev–Trinajstić information content (AvgIpc) is 2.43. The van der Waals surface area contributed by atoms with E-state index in [1.54, 1.807) is 0 Å². The van der Waals surface area contributed by atoms with E-state index in [1.165, 1.54) is 28.0 Å². The molecule has 1 rings (SSSR count). The molecule has 0 aromatic carbocycles. The third-order valence-electron chi connectivity index (χ3n) is 4.64. The molecule has 1 aliphatic carbocycles. The number of allylic oxidation sites excluding steroid dienone is 5. The molecule has 0 bridgehead atoms. The molecule has 0 atom stereocenters. The van der Waals surface area contributed by atoms with E-state index in [9.17, 15) is 0 Å². The lowest BCUT2D eigenvalue weighted by atomic mass is 9.66. The number of hydrogen-bond acceptors (Lipinski definition) is 2. The van der Waals surface area contributed by atoms with E-state index in [0.29, 0.717) is 0 Å². The van der Waals surface area contributed by atoms with Gasteiger partial charge in [0.2, 0.25) is 0 Å². The van der Waals surface area contributed by atoms with Gasteiger partial charge in [0.25, 0.3) is 0 Å². The average molecular weight is 329 g/mol. The Hall–Kier alpha value is -1.70. The van der Waals surface area contributed by atoms with Crippen molar-refractivity contribution in [3.63, 3.8) is 0 Å². The van der Waals surface area contributed by atoms with Gasteiger partial charge in [0.1, 0.15) is 0 Å². The van der Waals surface area contributed by atoms with Gasteiger partial charge in [-0.25, -0.2) is 0 Å². The maximum Gasteiger partial charge on any atom is 0.0403 e. The first-order valence-corrected chi connectivity index (χ1v) is 8.85. The van der Waals surface area contributed by atoms with Crippen molar-refractivity contribution >= 4 is 0 Å². The SMILES string of the molecule is C=CCCNC(=C)C1=C(C)C(NC)=C(C)/C(=C\C(C)(C)C)C1(C)C. The van der Waals surface area contributed by atoms with Crippen molar-refractivity contribution < 1.29 is 0 Å². The summed E-state index contributed by atoms with van der Waals surface area (Å²) in [5.41, 5.74) is 7.55. The zero-order chi connectivity index (χ0) is 18.7. The van der Waals surface area contributed by atoms with E-state index in [0.717, 1.165) is 18.7 Å². The minimum atomic E-state index is -0.0833. The van der Waals surface area contributed by atoms with Crippen molar-refractivity contribution in [2.24, 2.45) is 10.8 Å². The van der Waals surface area contributed by atoms with Gasteiger partial charge in [0.15, 0.2) is 0 Å². The molecule has 2 heteroatoms. The van der Waals surface area contributed by atoms with Crippen LogP contribution in [0.5, 0.6) is 0 Å². The Balaban J connectivity index is 3.49. The molecule has 0 aliphatic heterocycles. The summed E-state index contributed by atoms with van der Waals surface area (Å²) >= 11 is 0. The second-order valence-electron chi connectivity index (χ2n) is 8.28. The lowest BCUT2D eigenvalue weighted by Gasteiger charge is -2.41. The monoisotopic (exact) mass is 328 g/mol. The second-order valence-corrected chi connectivity index (χ2v) is 8.28. The number of rotatable bonds is 6. The Morgan fingerprint density at radius 2 is 1.75 bits per heavy atom. The molecule has 134 valence electrons. The van der Waals surface area contributed by atoms with Crippen LogP contribution in [-0.2, 0) is 0 Å². The molecule has 0 aromatic heterocycles. The summed E-state index contributed by atoms with van der Waals surface area (Å²) in [6.07, 6.45) is 5.27. The van der Waals surface area contributed by atoms with Crippen LogP contribution in [0.3, 0.4) is 0 Å². The lowest BCUT2D eigenvalue weighted by molar-refractivity contribution is 0.485. The maximum atomic E-state index is 4.34. The van der Waals surface area contributed by atoms with Crippen molar-refractivity contribution in [3.8, 4) is 0 Å². The fourth-order valence-electron chi connectivity index (χ4n) is 3.73. The molecular formula is C22H36N2. The largest absolute Gasteiger partial charge is 0.388 e. The van der Waals surface area contributed by atoms with Gasteiger partial charge in [-0.2, -0.15) is 0 Å². The molecule has 0 spiro atoms. The third-order valence-corrected chi connectivity index (χ3v) is 4.64. The topological polar surface area (TPSA) is 24.1 Å². The summed E-state index contributed by atoms with van der Waals surface area (Å²) < 4.78 is 0. The van der Waals surface area contributed by atoms with Crippen LogP contribution in [0.4, 0.5) is 0 Å². The predicted molar refractivity (Wildman–Crippen MR) is 108 cm³/mol. The molecule has 0 unspecified atom stereocenters. The van der Waals surface area contributed by atoms with Gasteiger partial charge in [-0.3, -0.25) is 0 Å². The fraction of sp³-hybridized carbons (Fsp3) is 0.545. The first kappa shape index (κ1) is 20.3. The van der Waals surface area contributed by atoms with Gasteiger partial charge >= 0.3 is 0 Å². The highest BCUT2D eigenvalue weighted by Crippen LogP contribution is 2.49. The summed E-state index contributed by atoms with van der Waals surface area (Å²) in [5.74, 6) is 0. The molecule has 0 amide bonds. The van der Waals surface area contributed by atoms with Crippen LogP contribution >= 0.6 is 0 Å². The van der Waals surface area contributed by atoms with Gasteiger partial charge in [0.05, 0.1) is 0 Å². The molecule has 0 radical (unpaired) electrons. The van der Waals surface area contributed by atoms with Crippen molar-refractivity contribution in [3.05, 3.63) is 59.0 Å². The smallest absolute Gasteiger partial charge is 0.0403 e. The zero-order valence-corrected chi connectivity index (χ0v) is 17.0. The molecule has 0 heterocycles. The van der Waals surface area contributed by atoms with Crippen molar-refractivity contribution in [2.75, 3.05) is 13.6 Å². The Kier molecular flexibility index (Phi) is 6.32. The lowest BCUT2D eigenvalue weighted by Crippen LogP contribution is -2.33. The van der Waals surface area contributed by atoms with Gasteiger partial charge in [-0.1, -0.05) is 53.3 Å². The second kappa shape index (κ2) is 7.46. The minimum absolute atomic E-state index is 0.0833. The maximum absolute atomic E-state index is 4.34. The molecule has 0 saturated carbocycles. The molecule has 24 heavy (non-hydrogen) atoms. The first-order valence-electron chi connectivity index (χ1n) is 8.85. The zero-order valence-electron chi connectivity index (χ0n) is 17.0. The van der Waals surface area contributed by atoms with Crippen LogP contribution in [0.25, 0.3) is 0 Å². The van der Waals surface area contributed by atoms with E-state index in [1.807, 2.05) is 13.1 Å². The number of hydrogen-bond donors (Lipinski definition) is 2. The molecule has 1 aliphatic rings. The van der Waals surface area contributed by atoms with Crippen molar-refractivity contribution in [1.29, 1.82) is 0 Å². The van der Waals surface area contributed by atoms with Crippen LogP contribution in [0, 0.1) is 10.8 Å². The van der Waals surface area contributed by atoms with Gasteiger partial charge < -0.3 is 10.6 Å². The van der Waals surface area contributed by atoms with E-state index in [2.05, 4.69) is 78.3 Å². The van der Waals surface area contributed by atoms with Crippen molar-refractivity contribution in [2.45, 2.75) is 54.9 Å². The highest BCUT2D eigenvalue weighted by molar-refractivity contribution is 5.60.